The van der Waals surface area contributed by atoms with E-state index in [-0.39, 0.29) is 17.7 Å². The molecule has 0 unspecified atom stereocenters. The molecule has 96 valence electrons. The Hall–Kier alpha value is -1.95. The number of nitrogens with zero attached hydrogens (tertiary/aromatic N) is 2. The molecule has 1 atom stereocenters. The lowest BCUT2D eigenvalue weighted by Gasteiger charge is -2.31. The quantitative estimate of drug-likeness (QED) is 0.588. The van der Waals surface area contributed by atoms with Gasteiger partial charge < -0.3 is 9.64 Å². The van der Waals surface area contributed by atoms with Crippen molar-refractivity contribution in [1.82, 2.24) is 4.90 Å². The van der Waals surface area contributed by atoms with Crippen molar-refractivity contribution in [1.29, 1.82) is 0 Å². The number of ether oxygens (including phenoxy) is 1. The van der Waals surface area contributed by atoms with Crippen LogP contribution in [0.1, 0.15) is 17.3 Å². The fourth-order valence-corrected chi connectivity index (χ4v) is 1.91. The van der Waals surface area contributed by atoms with E-state index in [2.05, 4.69) is 0 Å². The first-order valence-corrected chi connectivity index (χ1v) is 5.73. The van der Waals surface area contributed by atoms with Gasteiger partial charge in [-0.25, -0.2) is 0 Å². The molecule has 1 aliphatic heterocycles. The maximum Gasteiger partial charge on any atom is 0.269 e. The number of nitro groups is 1. The van der Waals surface area contributed by atoms with E-state index in [1.807, 2.05) is 6.92 Å². The van der Waals surface area contributed by atoms with Crippen molar-refractivity contribution < 1.29 is 14.5 Å². The second-order valence-corrected chi connectivity index (χ2v) is 4.24. The van der Waals surface area contributed by atoms with Gasteiger partial charge in [-0.2, -0.15) is 0 Å². The normalized spacial score (nSPS) is 19.6. The third-order valence-corrected chi connectivity index (χ3v) is 2.85. The van der Waals surface area contributed by atoms with Crippen LogP contribution >= 0.6 is 0 Å². The number of carbonyl (C=O) groups is 1. The van der Waals surface area contributed by atoms with Gasteiger partial charge in [0, 0.05) is 30.8 Å². The number of morpholine rings is 1. The summed E-state index contributed by atoms with van der Waals surface area (Å²) in [4.78, 5) is 23.9. The van der Waals surface area contributed by atoms with E-state index in [0.717, 1.165) is 0 Å². The summed E-state index contributed by atoms with van der Waals surface area (Å²) in [6, 6.07) is 5.66. The Morgan fingerprint density at radius 3 is 2.67 bits per heavy atom. The lowest BCUT2D eigenvalue weighted by molar-refractivity contribution is -0.384. The number of hydrogen-bond donors (Lipinski definition) is 0. The summed E-state index contributed by atoms with van der Waals surface area (Å²) in [7, 11) is 0. The molecular formula is C12H14N2O4. The van der Waals surface area contributed by atoms with E-state index in [0.29, 0.717) is 25.3 Å². The molecule has 0 radical (unpaired) electrons. The molecule has 2 rings (SSSR count). The third-order valence-electron chi connectivity index (χ3n) is 2.85. The number of rotatable bonds is 2. The molecule has 1 aromatic rings. The molecule has 18 heavy (non-hydrogen) atoms. The second kappa shape index (κ2) is 5.14. The Morgan fingerprint density at radius 2 is 2.11 bits per heavy atom. The highest BCUT2D eigenvalue weighted by Gasteiger charge is 2.22. The van der Waals surface area contributed by atoms with Gasteiger partial charge in [-0.3, -0.25) is 14.9 Å². The number of amides is 1. The van der Waals surface area contributed by atoms with Crippen LogP contribution in [-0.4, -0.2) is 41.5 Å². The average molecular weight is 250 g/mol. The van der Waals surface area contributed by atoms with Gasteiger partial charge in [0.25, 0.3) is 11.6 Å². The molecule has 0 saturated carbocycles. The van der Waals surface area contributed by atoms with Crippen molar-refractivity contribution in [3.63, 3.8) is 0 Å². The molecule has 0 spiro atoms. The molecule has 1 saturated heterocycles. The van der Waals surface area contributed by atoms with Crippen LogP contribution in [0.2, 0.25) is 0 Å². The predicted octanol–water partition coefficient (Wildman–Crippen LogP) is 1.46. The fraction of sp³-hybridized carbons (Fsp3) is 0.417. The summed E-state index contributed by atoms with van der Waals surface area (Å²) in [6.45, 7) is 3.55. The van der Waals surface area contributed by atoms with E-state index in [9.17, 15) is 14.9 Å². The van der Waals surface area contributed by atoms with Crippen molar-refractivity contribution in [3.8, 4) is 0 Å². The molecule has 6 nitrogen and oxygen atoms in total. The van der Waals surface area contributed by atoms with Gasteiger partial charge in [0.15, 0.2) is 0 Å². The molecule has 1 amide bonds. The van der Waals surface area contributed by atoms with Gasteiger partial charge in [0.2, 0.25) is 0 Å². The zero-order valence-corrected chi connectivity index (χ0v) is 10.0. The smallest absolute Gasteiger partial charge is 0.269 e. The number of benzene rings is 1. The summed E-state index contributed by atoms with van der Waals surface area (Å²) in [6.07, 6.45) is 0.0285. The molecule has 1 fully saturated rings. The predicted molar refractivity (Wildman–Crippen MR) is 64.4 cm³/mol. The number of hydrogen-bond acceptors (Lipinski definition) is 4. The Bertz CT molecular complexity index is 458. The first-order chi connectivity index (χ1) is 8.58. The molecule has 1 aliphatic rings. The lowest BCUT2D eigenvalue weighted by atomic mass is 10.1. The lowest BCUT2D eigenvalue weighted by Crippen LogP contribution is -2.44. The minimum absolute atomic E-state index is 0.0121. The van der Waals surface area contributed by atoms with Crippen molar-refractivity contribution in [2.45, 2.75) is 13.0 Å². The van der Waals surface area contributed by atoms with Crippen molar-refractivity contribution in [2.24, 2.45) is 0 Å². The number of nitro benzene ring substituents is 1. The fourth-order valence-electron chi connectivity index (χ4n) is 1.91. The monoisotopic (exact) mass is 250 g/mol. The number of non-ortho nitro benzene ring substituents is 1. The first kappa shape index (κ1) is 12.5. The molecule has 1 heterocycles. The van der Waals surface area contributed by atoms with Gasteiger partial charge >= 0.3 is 0 Å². The summed E-state index contributed by atoms with van der Waals surface area (Å²) < 4.78 is 5.36. The van der Waals surface area contributed by atoms with Crippen LogP contribution in [0.4, 0.5) is 5.69 Å². The molecule has 6 heteroatoms. The van der Waals surface area contributed by atoms with Gasteiger partial charge in [0.1, 0.15) is 0 Å². The van der Waals surface area contributed by atoms with Gasteiger partial charge in [-0.15, -0.1) is 0 Å². The van der Waals surface area contributed by atoms with Crippen molar-refractivity contribution in [3.05, 3.63) is 39.9 Å². The highest BCUT2D eigenvalue weighted by atomic mass is 16.6. The molecule has 0 N–H and O–H groups in total. The van der Waals surface area contributed by atoms with Crippen LogP contribution in [0.5, 0.6) is 0 Å². The zero-order chi connectivity index (χ0) is 13.1. The van der Waals surface area contributed by atoms with Gasteiger partial charge in [0.05, 0.1) is 17.6 Å². The Morgan fingerprint density at radius 1 is 1.44 bits per heavy atom. The standard InChI is InChI=1S/C12H14N2O4/c1-9-8-13(6-7-18-9)12(15)10-2-4-11(5-3-10)14(16)17/h2-5,9H,6-8H2,1H3/t9-/m0/s1. The zero-order valence-electron chi connectivity index (χ0n) is 10.0. The number of carbonyl (C=O) groups excluding carboxylic acids is 1. The topological polar surface area (TPSA) is 72.7 Å². The van der Waals surface area contributed by atoms with E-state index in [1.54, 1.807) is 4.90 Å². The maximum atomic E-state index is 12.1. The molecule has 0 aliphatic carbocycles. The van der Waals surface area contributed by atoms with Gasteiger partial charge in [-0.05, 0) is 19.1 Å². The van der Waals surface area contributed by atoms with Crippen LogP contribution < -0.4 is 0 Å². The van der Waals surface area contributed by atoms with Gasteiger partial charge in [-0.1, -0.05) is 0 Å². The summed E-state index contributed by atoms with van der Waals surface area (Å²) >= 11 is 0. The van der Waals surface area contributed by atoms with Crippen LogP contribution in [0, 0.1) is 10.1 Å². The van der Waals surface area contributed by atoms with E-state index >= 15 is 0 Å². The van der Waals surface area contributed by atoms with Crippen LogP contribution in [0.3, 0.4) is 0 Å². The molecule has 1 aromatic carbocycles. The minimum atomic E-state index is -0.481. The van der Waals surface area contributed by atoms with E-state index in [1.165, 1.54) is 24.3 Å². The van der Waals surface area contributed by atoms with Crippen molar-refractivity contribution in [2.75, 3.05) is 19.7 Å². The molecular weight excluding hydrogens is 236 g/mol. The van der Waals surface area contributed by atoms with Crippen LogP contribution in [-0.2, 0) is 4.74 Å². The molecule has 0 bridgehead atoms. The van der Waals surface area contributed by atoms with E-state index < -0.39 is 4.92 Å². The maximum absolute atomic E-state index is 12.1. The third kappa shape index (κ3) is 2.65. The summed E-state index contributed by atoms with van der Waals surface area (Å²) in [5, 5.41) is 10.5. The Balaban J connectivity index is 2.10. The highest BCUT2D eigenvalue weighted by Crippen LogP contribution is 2.15. The summed E-state index contributed by atoms with van der Waals surface area (Å²) in [5.41, 5.74) is 0.455. The Labute approximate surface area is 104 Å². The largest absolute Gasteiger partial charge is 0.375 e. The Kier molecular flexibility index (Phi) is 3.57. The summed E-state index contributed by atoms with van der Waals surface area (Å²) in [5.74, 6) is -0.111. The second-order valence-electron chi connectivity index (χ2n) is 4.24. The molecule has 0 aromatic heterocycles. The van der Waals surface area contributed by atoms with Crippen LogP contribution in [0.15, 0.2) is 24.3 Å². The van der Waals surface area contributed by atoms with E-state index in [4.69, 9.17) is 4.74 Å². The van der Waals surface area contributed by atoms with Crippen molar-refractivity contribution >= 4 is 11.6 Å². The SMILES string of the molecule is C[C@H]1CN(C(=O)c2ccc([N+](=O)[O-])cc2)CCO1. The first-order valence-electron chi connectivity index (χ1n) is 5.73. The highest BCUT2D eigenvalue weighted by molar-refractivity contribution is 5.94. The van der Waals surface area contributed by atoms with Crippen LogP contribution in [0.25, 0.3) is 0 Å². The minimum Gasteiger partial charge on any atom is -0.375 e. The average Bonchev–Trinajstić information content (AvgIpc) is 2.38.